The number of anilines is 1. The quantitative estimate of drug-likeness (QED) is 0.151. The normalized spacial score (nSPS) is 32.4. The zero-order valence-corrected chi connectivity index (χ0v) is 32.7. The number of ether oxygens (including phenoxy) is 3. The molecule has 0 aromatic heterocycles. The number of nitrogens with zero attached hydrogens (tertiary/aromatic N) is 2. The van der Waals surface area contributed by atoms with Crippen LogP contribution in [0.15, 0.2) is 35.9 Å². The highest BCUT2D eigenvalue weighted by atomic mass is 35.5. The molecule has 3 aliphatic rings. The van der Waals surface area contributed by atoms with Crippen molar-refractivity contribution in [1.29, 1.82) is 0 Å². The van der Waals surface area contributed by atoms with Crippen LogP contribution in [0.2, 0.25) is 5.02 Å². The number of halogens is 1. The molecule has 0 radical (unpaired) electrons. The minimum atomic E-state index is -1.59. The van der Waals surface area contributed by atoms with Crippen LogP contribution in [0.25, 0.3) is 0 Å². The van der Waals surface area contributed by atoms with Crippen LogP contribution >= 0.6 is 33.2 Å². The number of likely N-dealkylation sites (N-methyl/N-ethyl adjacent to an activating group) is 1. The molecule has 1 aromatic rings. The highest BCUT2D eigenvalue weighted by Crippen LogP contribution is 2.49. The first kappa shape index (κ1) is 40.1. The summed E-state index contributed by atoms with van der Waals surface area (Å²) in [7, 11) is 6.31. The number of aryl methyl sites for hydroxylation is 1. The molecule has 3 heterocycles. The number of rotatable bonds is 7. The standard InChI is InChI=1S/C36H50ClN3O8S2/c1-20-11-10-12-22(3)36(45)19-27(46-34(44)38-36)23(4)32-35(6,48-32)28(47-33(43)24(5)39(7)29(41)13-14-50-49-9)18-30(42)40(8)26-17-25(15-20)16-21(2)31(26)37/h10-12,16-17,22-24,27-28,32,45H,13-15,18-19H2,1-9H3,(H,38,44)/b12-10+,20-11+/t22?,23?,24-,27?,28?,32?,35?,36?/m0/s1. The van der Waals surface area contributed by atoms with Gasteiger partial charge in [0.1, 0.15) is 29.6 Å². The second-order valence-electron chi connectivity index (χ2n) is 13.9. The van der Waals surface area contributed by atoms with Gasteiger partial charge in [0, 0.05) is 44.5 Å². The number of esters is 1. The maximum absolute atomic E-state index is 14.0. The topological polar surface area (TPSA) is 138 Å². The van der Waals surface area contributed by atoms with Gasteiger partial charge in [-0.25, -0.2) is 9.59 Å². The van der Waals surface area contributed by atoms with E-state index in [2.05, 4.69) is 5.32 Å². The zero-order valence-electron chi connectivity index (χ0n) is 30.3. The van der Waals surface area contributed by atoms with Crippen molar-refractivity contribution in [3.63, 3.8) is 0 Å². The summed E-state index contributed by atoms with van der Waals surface area (Å²) in [6.45, 7) is 10.9. The molecule has 8 atom stereocenters. The molecule has 0 spiro atoms. The highest BCUT2D eigenvalue weighted by Gasteiger charge is 2.64. The fourth-order valence-electron chi connectivity index (χ4n) is 6.55. The van der Waals surface area contributed by atoms with Gasteiger partial charge >= 0.3 is 12.1 Å². The van der Waals surface area contributed by atoms with Crippen LogP contribution in [0.3, 0.4) is 0 Å². The molecule has 0 saturated carbocycles. The predicted molar refractivity (Wildman–Crippen MR) is 198 cm³/mol. The van der Waals surface area contributed by atoms with E-state index in [1.807, 2.05) is 64.3 Å². The molecular formula is C36H50ClN3O8S2. The van der Waals surface area contributed by atoms with Crippen LogP contribution in [0.5, 0.6) is 0 Å². The Balaban J connectivity index is 1.71. The molecule has 2 fully saturated rings. The van der Waals surface area contributed by atoms with E-state index < -0.39 is 59.6 Å². The third-order valence-corrected chi connectivity index (χ3v) is 12.5. The monoisotopic (exact) mass is 751 g/mol. The summed E-state index contributed by atoms with van der Waals surface area (Å²) >= 11 is 6.76. The summed E-state index contributed by atoms with van der Waals surface area (Å²) in [6, 6.07) is 2.93. The Kier molecular flexibility index (Phi) is 13.1. The van der Waals surface area contributed by atoms with Crippen molar-refractivity contribution in [1.82, 2.24) is 10.2 Å². The first-order valence-electron chi connectivity index (χ1n) is 16.8. The van der Waals surface area contributed by atoms with E-state index in [1.165, 1.54) is 9.80 Å². The average Bonchev–Trinajstić information content (AvgIpc) is 3.75. The minimum absolute atomic E-state index is 0.0819. The Morgan fingerprint density at radius 3 is 2.64 bits per heavy atom. The lowest BCUT2D eigenvalue weighted by molar-refractivity contribution is -0.161. The van der Waals surface area contributed by atoms with Gasteiger partial charge in [-0.15, -0.1) is 0 Å². The fraction of sp³-hybridized carbons (Fsp3) is 0.611. The molecule has 276 valence electrons. The van der Waals surface area contributed by atoms with Crippen molar-refractivity contribution in [2.75, 3.05) is 31.0 Å². The van der Waals surface area contributed by atoms with Gasteiger partial charge in [0.05, 0.1) is 23.2 Å². The summed E-state index contributed by atoms with van der Waals surface area (Å²) in [5, 5.41) is 14.7. The van der Waals surface area contributed by atoms with E-state index >= 15 is 0 Å². The van der Waals surface area contributed by atoms with Gasteiger partial charge in [0.25, 0.3) is 0 Å². The number of fused-ring (bicyclic) bond motifs is 5. The summed E-state index contributed by atoms with van der Waals surface area (Å²) in [5.74, 6) is -1.55. The Bertz CT molecular complexity index is 1540. The van der Waals surface area contributed by atoms with Crippen LogP contribution in [0.4, 0.5) is 10.5 Å². The number of nitrogens with one attached hydrogen (secondary N) is 1. The maximum Gasteiger partial charge on any atom is 0.409 e. The molecule has 1 aromatic carbocycles. The molecule has 2 N–H and O–H groups in total. The van der Waals surface area contributed by atoms with Crippen molar-refractivity contribution in [3.05, 3.63) is 52.1 Å². The second-order valence-corrected chi connectivity index (χ2v) is 17.0. The van der Waals surface area contributed by atoms with Crippen molar-refractivity contribution in [2.24, 2.45) is 11.8 Å². The summed E-state index contributed by atoms with van der Waals surface area (Å²) in [6.07, 6.45) is 5.11. The van der Waals surface area contributed by atoms with Crippen LogP contribution in [-0.4, -0.2) is 95.7 Å². The largest absolute Gasteiger partial charge is 0.457 e. The number of hydrogen-bond acceptors (Lipinski definition) is 10. The second kappa shape index (κ2) is 16.3. The molecule has 3 aliphatic heterocycles. The minimum Gasteiger partial charge on any atom is -0.457 e. The van der Waals surface area contributed by atoms with Crippen LogP contribution in [0.1, 0.15) is 65.0 Å². The predicted octanol–water partition coefficient (Wildman–Crippen LogP) is 5.84. The van der Waals surface area contributed by atoms with E-state index in [1.54, 1.807) is 49.5 Å². The van der Waals surface area contributed by atoms with Gasteiger partial charge in [-0.1, -0.05) is 76.9 Å². The van der Waals surface area contributed by atoms with Crippen molar-refractivity contribution in [3.8, 4) is 0 Å². The zero-order chi connectivity index (χ0) is 37.1. The van der Waals surface area contributed by atoms with Gasteiger partial charge in [0.15, 0.2) is 0 Å². The van der Waals surface area contributed by atoms with Crippen molar-refractivity contribution >= 4 is 62.8 Å². The number of amides is 3. The first-order chi connectivity index (χ1) is 23.4. The molecule has 50 heavy (non-hydrogen) atoms. The van der Waals surface area contributed by atoms with Gasteiger partial charge in [-0.05, 0) is 57.6 Å². The van der Waals surface area contributed by atoms with E-state index in [0.29, 0.717) is 22.9 Å². The third kappa shape index (κ3) is 9.01. The Labute approximate surface area is 308 Å². The van der Waals surface area contributed by atoms with Gasteiger partial charge in [-0.2, -0.15) is 0 Å². The highest BCUT2D eigenvalue weighted by molar-refractivity contribution is 8.76. The van der Waals surface area contributed by atoms with E-state index in [4.69, 9.17) is 25.8 Å². The summed E-state index contributed by atoms with van der Waals surface area (Å²) in [4.78, 5) is 56.1. The van der Waals surface area contributed by atoms with Crippen LogP contribution in [0, 0.1) is 18.8 Å². The average molecular weight is 752 g/mol. The molecule has 2 saturated heterocycles. The van der Waals surface area contributed by atoms with E-state index in [9.17, 15) is 24.3 Å². The summed E-state index contributed by atoms with van der Waals surface area (Å²) < 4.78 is 18.0. The van der Waals surface area contributed by atoms with Crippen LogP contribution in [-0.2, 0) is 35.0 Å². The third-order valence-electron chi connectivity index (χ3n) is 10.2. The van der Waals surface area contributed by atoms with Gasteiger partial charge in [-0.3, -0.25) is 14.9 Å². The Morgan fingerprint density at radius 2 is 1.96 bits per heavy atom. The maximum atomic E-state index is 14.0. The van der Waals surface area contributed by atoms with E-state index in [-0.39, 0.29) is 31.1 Å². The lowest BCUT2D eigenvalue weighted by Gasteiger charge is -2.41. The number of carbonyl (C=O) groups excluding carboxylic acids is 4. The number of alkyl carbamates (subject to hydrolysis) is 1. The Hall–Kier alpha value is -2.71. The number of allylic oxidation sites excluding steroid dienone is 3. The summed E-state index contributed by atoms with van der Waals surface area (Å²) in [5.41, 5.74) is 0.566. The SMILES string of the molecule is CSSCCC(=O)N(C)[C@@H](C)C(=O)OC1CC(=O)N(C)c2cc(cc(C)c2Cl)C/C(C)=C/C=C/C(C)C2(O)CC(OC(=O)N2)C(C)C2OC12C. The molecule has 14 heteroatoms. The van der Waals surface area contributed by atoms with Crippen molar-refractivity contribution in [2.45, 2.75) is 103 Å². The molecular weight excluding hydrogens is 702 g/mol. The van der Waals surface area contributed by atoms with Gasteiger partial charge in [0.2, 0.25) is 11.8 Å². The molecule has 7 unspecified atom stereocenters. The molecule has 0 aliphatic carbocycles. The number of benzene rings is 1. The lowest BCUT2D eigenvalue weighted by Crippen LogP contribution is -2.60. The smallest absolute Gasteiger partial charge is 0.409 e. The van der Waals surface area contributed by atoms with Gasteiger partial charge < -0.3 is 29.1 Å². The van der Waals surface area contributed by atoms with Crippen molar-refractivity contribution < 1.29 is 38.5 Å². The fourth-order valence-corrected chi connectivity index (χ4v) is 7.96. The molecule has 4 rings (SSSR count). The number of aliphatic hydroxyl groups is 1. The number of hydrogen-bond donors (Lipinski definition) is 2. The van der Waals surface area contributed by atoms with Crippen LogP contribution < -0.4 is 10.2 Å². The lowest BCUT2D eigenvalue weighted by atomic mass is 9.82. The first-order valence-corrected chi connectivity index (χ1v) is 19.9. The molecule has 4 bridgehead atoms. The number of epoxide rings is 1. The number of carbonyl (C=O) groups is 4. The molecule has 11 nitrogen and oxygen atoms in total. The Morgan fingerprint density at radius 1 is 1.26 bits per heavy atom. The molecule has 3 amide bonds. The van der Waals surface area contributed by atoms with E-state index in [0.717, 1.165) is 16.7 Å².